The van der Waals surface area contributed by atoms with Gasteiger partial charge in [-0.05, 0) is 0 Å². The van der Waals surface area contributed by atoms with Crippen LogP contribution in [0.4, 0.5) is 23.2 Å². The predicted molar refractivity (Wildman–Crippen MR) is 36.8 cm³/mol. The molecule has 0 aromatic heterocycles. The van der Waals surface area contributed by atoms with E-state index in [0.29, 0.717) is 0 Å². The summed E-state index contributed by atoms with van der Waals surface area (Å²) in [6.45, 7) is 0.177. The number of nitrogens with zero attached hydrogens (tertiary/aromatic N) is 1. The first-order valence-electron chi connectivity index (χ1n) is 3.45. The molecule has 70 valence electrons. The third kappa shape index (κ3) is 1.23. The molecule has 2 nitrogen and oxygen atoms in total. The fourth-order valence-electron chi connectivity index (χ4n) is 0.991. The van der Waals surface area contributed by atoms with Gasteiger partial charge in [0.1, 0.15) is 12.4 Å². The molecule has 1 N–H and O–H groups in total. The predicted octanol–water partition coefficient (Wildman–Crippen LogP) is 1.53. The van der Waals surface area contributed by atoms with Gasteiger partial charge in [-0.15, -0.1) is 0 Å². The molecule has 1 aliphatic rings. The van der Waals surface area contributed by atoms with Crippen LogP contribution in [0.3, 0.4) is 0 Å². The highest BCUT2D eigenvalue weighted by atomic mass is 19.2. The Labute approximate surface area is 70.7 Å². The van der Waals surface area contributed by atoms with Gasteiger partial charge in [-0.3, -0.25) is 5.01 Å². The Bertz CT molecular complexity index is 336. The van der Waals surface area contributed by atoms with Gasteiger partial charge in [0.15, 0.2) is 23.3 Å². The van der Waals surface area contributed by atoms with Gasteiger partial charge in [-0.25, -0.2) is 23.0 Å². The van der Waals surface area contributed by atoms with Crippen molar-refractivity contribution in [2.75, 3.05) is 11.7 Å². The summed E-state index contributed by atoms with van der Waals surface area (Å²) < 4.78 is 50.9. The highest BCUT2D eigenvalue weighted by Crippen LogP contribution is 2.28. The second-order valence-electron chi connectivity index (χ2n) is 2.56. The van der Waals surface area contributed by atoms with E-state index in [1.54, 1.807) is 0 Å². The summed E-state index contributed by atoms with van der Waals surface area (Å²) in [5, 5.41) is 0.969. The summed E-state index contributed by atoms with van der Waals surface area (Å²) in [5.41, 5.74) is 1.70. The third-order valence-electron chi connectivity index (χ3n) is 1.67. The zero-order valence-corrected chi connectivity index (χ0v) is 6.24. The van der Waals surface area contributed by atoms with Gasteiger partial charge >= 0.3 is 0 Å². The van der Waals surface area contributed by atoms with Crippen molar-refractivity contribution in [1.82, 2.24) is 5.43 Å². The summed E-state index contributed by atoms with van der Waals surface area (Å²) in [6, 6.07) is 0.178. The monoisotopic (exact) mass is 192 g/mol. The molecule has 0 aliphatic carbocycles. The Hall–Kier alpha value is -1.30. The zero-order chi connectivity index (χ0) is 9.59. The van der Waals surface area contributed by atoms with Gasteiger partial charge in [-0.1, -0.05) is 0 Å². The molecular formula is C7H4F4N2. The topological polar surface area (TPSA) is 25.0 Å². The lowest BCUT2D eigenvalue weighted by Gasteiger charge is -2.05. The van der Waals surface area contributed by atoms with Crippen molar-refractivity contribution < 1.29 is 17.6 Å². The number of halogens is 4. The molecule has 2 rings (SSSR count). The van der Waals surface area contributed by atoms with Crippen LogP contribution in [0.5, 0.6) is 0 Å². The molecule has 13 heavy (non-hydrogen) atoms. The van der Waals surface area contributed by atoms with Crippen molar-refractivity contribution in [2.45, 2.75) is 0 Å². The second kappa shape index (κ2) is 2.59. The molecule has 0 radical (unpaired) electrons. The first-order chi connectivity index (χ1) is 6.11. The standard InChI is InChI=1S/C7H4F4N2/c8-3-1-4(9)6(11)7(5(3)10)13-2-12-13/h1,12H,2H2. The number of rotatable bonds is 1. The quantitative estimate of drug-likeness (QED) is 0.414. The van der Waals surface area contributed by atoms with E-state index in [2.05, 4.69) is 5.43 Å². The summed E-state index contributed by atoms with van der Waals surface area (Å²) >= 11 is 0. The Morgan fingerprint density at radius 1 is 1.08 bits per heavy atom. The highest BCUT2D eigenvalue weighted by molar-refractivity contribution is 5.52. The molecule has 0 unspecified atom stereocenters. The van der Waals surface area contributed by atoms with E-state index in [-0.39, 0.29) is 12.7 Å². The molecule has 0 bridgehead atoms. The number of benzene rings is 1. The highest BCUT2D eigenvalue weighted by Gasteiger charge is 2.29. The fourth-order valence-corrected chi connectivity index (χ4v) is 0.991. The molecule has 0 atom stereocenters. The second-order valence-corrected chi connectivity index (χ2v) is 2.56. The van der Waals surface area contributed by atoms with Crippen molar-refractivity contribution in [3.8, 4) is 0 Å². The van der Waals surface area contributed by atoms with E-state index in [9.17, 15) is 17.6 Å². The summed E-state index contributed by atoms with van der Waals surface area (Å²) in [6.07, 6.45) is 0. The molecule has 1 aliphatic heterocycles. The molecule has 0 amide bonds. The fraction of sp³-hybridized carbons (Fsp3) is 0.143. The van der Waals surface area contributed by atoms with E-state index in [0.717, 1.165) is 5.01 Å². The largest absolute Gasteiger partial charge is 0.285 e. The number of anilines is 1. The van der Waals surface area contributed by atoms with E-state index in [1.165, 1.54) is 0 Å². The normalized spacial score (nSPS) is 14.9. The van der Waals surface area contributed by atoms with E-state index in [1.807, 2.05) is 0 Å². The smallest absolute Gasteiger partial charge is 0.186 e. The van der Waals surface area contributed by atoms with Crippen molar-refractivity contribution in [3.05, 3.63) is 29.3 Å². The SMILES string of the molecule is Fc1cc(F)c(F)c(N2CN2)c1F. The summed E-state index contributed by atoms with van der Waals surface area (Å²) in [5.74, 6) is -5.57. The summed E-state index contributed by atoms with van der Waals surface area (Å²) in [4.78, 5) is 0. The molecule has 0 saturated carbocycles. The van der Waals surface area contributed by atoms with Crippen LogP contribution in [-0.4, -0.2) is 6.67 Å². The molecule has 1 heterocycles. The maximum absolute atomic E-state index is 12.9. The minimum absolute atomic E-state index is 0.177. The van der Waals surface area contributed by atoms with Crippen molar-refractivity contribution >= 4 is 5.69 Å². The van der Waals surface area contributed by atoms with Crippen LogP contribution in [0.15, 0.2) is 6.07 Å². The van der Waals surface area contributed by atoms with E-state index >= 15 is 0 Å². The van der Waals surface area contributed by atoms with Gasteiger partial charge < -0.3 is 0 Å². The van der Waals surface area contributed by atoms with Gasteiger partial charge in [-0.2, -0.15) is 0 Å². The van der Waals surface area contributed by atoms with Crippen molar-refractivity contribution in [2.24, 2.45) is 0 Å². The minimum atomic E-state index is -1.40. The van der Waals surface area contributed by atoms with Crippen LogP contribution < -0.4 is 10.4 Å². The molecule has 1 aromatic carbocycles. The molecule has 1 aromatic rings. The van der Waals surface area contributed by atoms with Crippen LogP contribution in [0.25, 0.3) is 0 Å². The van der Waals surface area contributed by atoms with Gasteiger partial charge in [0.05, 0.1) is 0 Å². The Morgan fingerprint density at radius 2 is 1.54 bits per heavy atom. The average molecular weight is 192 g/mol. The number of hydrazine groups is 1. The Kier molecular flexibility index (Phi) is 1.66. The lowest BCUT2D eigenvalue weighted by atomic mass is 10.2. The molecular weight excluding hydrogens is 188 g/mol. The minimum Gasteiger partial charge on any atom is -0.285 e. The molecule has 0 spiro atoms. The van der Waals surface area contributed by atoms with E-state index in [4.69, 9.17) is 0 Å². The number of hydrogen-bond acceptors (Lipinski definition) is 2. The van der Waals surface area contributed by atoms with E-state index < -0.39 is 29.0 Å². The van der Waals surface area contributed by atoms with Crippen LogP contribution >= 0.6 is 0 Å². The number of hydrogen-bond donors (Lipinski definition) is 1. The van der Waals surface area contributed by atoms with Crippen LogP contribution in [0.1, 0.15) is 0 Å². The zero-order valence-electron chi connectivity index (χ0n) is 6.24. The summed E-state index contributed by atoms with van der Waals surface area (Å²) in [7, 11) is 0. The first kappa shape index (κ1) is 8.31. The van der Waals surface area contributed by atoms with Crippen LogP contribution in [0.2, 0.25) is 0 Å². The lowest BCUT2D eigenvalue weighted by molar-refractivity contribution is 0.456. The Balaban J connectivity index is 2.62. The molecule has 6 heteroatoms. The third-order valence-corrected chi connectivity index (χ3v) is 1.67. The maximum atomic E-state index is 12.9. The van der Waals surface area contributed by atoms with Crippen molar-refractivity contribution in [1.29, 1.82) is 0 Å². The average Bonchev–Trinajstić information content (AvgIpc) is 2.85. The van der Waals surface area contributed by atoms with Gasteiger partial charge in [0, 0.05) is 6.07 Å². The number of nitrogens with one attached hydrogen (secondary N) is 1. The van der Waals surface area contributed by atoms with Crippen LogP contribution in [0, 0.1) is 23.3 Å². The van der Waals surface area contributed by atoms with Gasteiger partial charge in [0.2, 0.25) is 0 Å². The van der Waals surface area contributed by atoms with Crippen molar-refractivity contribution in [3.63, 3.8) is 0 Å². The van der Waals surface area contributed by atoms with Crippen LogP contribution in [-0.2, 0) is 0 Å². The maximum Gasteiger partial charge on any atom is 0.186 e. The molecule has 1 fully saturated rings. The Morgan fingerprint density at radius 3 is 1.92 bits per heavy atom. The lowest BCUT2D eigenvalue weighted by Crippen LogP contribution is -2.06. The molecule has 1 saturated heterocycles. The van der Waals surface area contributed by atoms with Gasteiger partial charge in [0.25, 0.3) is 0 Å². The first-order valence-corrected chi connectivity index (χ1v) is 3.45.